The Balaban J connectivity index is 1.38. The van der Waals surface area contributed by atoms with Gasteiger partial charge in [0.25, 0.3) is 0 Å². The fourth-order valence-electron chi connectivity index (χ4n) is 3.07. The number of rotatable bonds is 9. The number of nitrogens with one attached hydrogen (secondary N) is 1. The lowest BCUT2D eigenvalue weighted by Gasteiger charge is -2.11. The molecule has 3 aromatic carbocycles. The van der Waals surface area contributed by atoms with Crippen molar-refractivity contribution in [1.82, 2.24) is 25.5 Å². The maximum absolute atomic E-state index is 12.2. The first-order chi connectivity index (χ1) is 15.7. The maximum atomic E-state index is 12.2. The van der Waals surface area contributed by atoms with E-state index in [2.05, 4.69) is 20.7 Å². The SMILES string of the molecule is COc1cc(-c2nnn(CC(=O)NCc3ccccc3)n2)ccc1OCc1ccccc1. The van der Waals surface area contributed by atoms with Crippen LogP contribution in [0.1, 0.15) is 11.1 Å². The number of benzene rings is 3. The molecule has 0 spiro atoms. The number of carbonyl (C=O) groups is 1. The highest BCUT2D eigenvalue weighted by Gasteiger charge is 2.13. The van der Waals surface area contributed by atoms with E-state index in [1.807, 2.05) is 72.8 Å². The lowest BCUT2D eigenvalue weighted by Crippen LogP contribution is -2.28. The molecule has 8 heteroatoms. The lowest BCUT2D eigenvalue weighted by atomic mass is 10.2. The lowest BCUT2D eigenvalue weighted by molar-refractivity contribution is -0.122. The molecule has 0 aliphatic rings. The monoisotopic (exact) mass is 429 g/mol. The molecule has 1 aromatic heterocycles. The molecule has 0 bridgehead atoms. The van der Waals surface area contributed by atoms with Crippen molar-refractivity contribution in [3.63, 3.8) is 0 Å². The van der Waals surface area contributed by atoms with Crippen LogP contribution in [-0.2, 0) is 24.5 Å². The molecule has 0 unspecified atom stereocenters. The van der Waals surface area contributed by atoms with Crippen molar-refractivity contribution in [2.45, 2.75) is 19.7 Å². The van der Waals surface area contributed by atoms with Crippen LogP contribution < -0.4 is 14.8 Å². The molecule has 1 heterocycles. The average Bonchev–Trinajstić information content (AvgIpc) is 3.31. The first kappa shape index (κ1) is 21.0. The van der Waals surface area contributed by atoms with Gasteiger partial charge in [0.05, 0.1) is 7.11 Å². The van der Waals surface area contributed by atoms with Crippen molar-refractivity contribution in [2.24, 2.45) is 0 Å². The number of ether oxygens (including phenoxy) is 2. The molecule has 0 aliphatic heterocycles. The molecular weight excluding hydrogens is 406 g/mol. The topological polar surface area (TPSA) is 91.2 Å². The molecule has 32 heavy (non-hydrogen) atoms. The predicted molar refractivity (Wildman–Crippen MR) is 119 cm³/mol. The highest BCUT2D eigenvalue weighted by Crippen LogP contribution is 2.31. The summed E-state index contributed by atoms with van der Waals surface area (Å²) in [6.45, 7) is 0.862. The zero-order chi connectivity index (χ0) is 22.2. The van der Waals surface area contributed by atoms with Gasteiger partial charge in [-0.25, -0.2) is 0 Å². The van der Waals surface area contributed by atoms with Gasteiger partial charge in [-0.3, -0.25) is 4.79 Å². The van der Waals surface area contributed by atoms with Crippen LogP contribution in [0.15, 0.2) is 78.9 Å². The first-order valence-corrected chi connectivity index (χ1v) is 10.1. The van der Waals surface area contributed by atoms with Crippen molar-refractivity contribution >= 4 is 5.91 Å². The number of nitrogens with zero attached hydrogens (tertiary/aromatic N) is 4. The Hall–Kier alpha value is -4.20. The summed E-state index contributed by atoms with van der Waals surface area (Å²) < 4.78 is 11.4. The van der Waals surface area contributed by atoms with Crippen LogP contribution >= 0.6 is 0 Å². The van der Waals surface area contributed by atoms with Crippen LogP contribution in [0.2, 0.25) is 0 Å². The smallest absolute Gasteiger partial charge is 0.243 e. The molecular formula is C24H23N5O3. The van der Waals surface area contributed by atoms with E-state index in [1.165, 1.54) is 4.80 Å². The van der Waals surface area contributed by atoms with Crippen molar-refractivity contribution in [2.75, 3.05) is 7.11 Å². The van der Waals surface area contributed by atoms with E-state index in [0.29, 0.717) is 36.0 Å². The van der Waals surface area contributed by atoms with Gasteiger partial charge in [-0.05, 0) is 34.5 Å². The molecule has 0 fully saturated rings. The number of hydrogen-bond acceptors (Lipinski definition) is 6. The first-order valence-electron chi connectivity index (χ1n) is 10.1. The highest BCUT2D eigenvalue weighted by atomic mass is 16.5. The fourth-order valence-corrected chi connectivity index (χ4v) is 3.07. The molecule has 1 N–H and O–H groups in total. The minimum atomic E-state index is -0.194. The van der Waals surface area contributed by atoms with Crippen LogP contribution in [0, 0.1) is 0 Å². The van der Waals surface area contributed by atoms with Crippen LogP contribution in [0.3, 0.4) is 0 Å². The minimum Gasteiger partial charge on any atom is -0.493 e. The Morgan fingerprint density at radius 2 is 1.66 bits per heavy atom. The third kappa shape index (κ3) is 5.48. The van der Waals surface area contributed by atoms with Gasteiger partial charge in [-0.1, -0.05) is 60.7 Å². The minimum absolute atomic E-state index is 0.0186. The van der Waals surface area contributed by atoms with E-state index in [0.717, 1.165) is 11.1 Å². The van der Waals surface area contributed by atoms with Crippen molar-refractivity contribution in [3.8, 4) is 22.9 Å². The number of hydrogen-bond donors (Lipinski definition) is 1. The van der Waals surface area contributed by atoms with E-state index in [-0.39, 0.29) is 12.5 Å². The van der Waals surface area contributed by atoms with E-state index in [4.69, 9.17) is 9.47 Å². The maximum Gasteiger partial charge on any atom is 0.243 e. The Morgan fingerprint density at radius 1 is 0.938 bits per heavy atom. The summed E-state index contributed by atoms with van der Waals surface area (Å²) in [5.41, 5.74) is 2.80. The van der Waals surface area contributed by atoms with Gasteiger partial charge in [0.15, 0.2) is 11.5 Å². The number of carbonyl (C=O) groups excluding carboxylic acids is 1. The summed E-state index contributed by atoms with van der Waals surface area (Å²) in [5, 5.41) is 15.2. The quantitative estimate of drug-likeness (QED) is 0.439. The van der Waals surface area contributed by atoms with E-state index >= 15 is 0 Å². The van der Waals surface area contributed by atoms with E-state index in [1.54, 1.807) is 13.2 Å². The van der Waals surface area contributed by atoms with E-state index < -0.39 is 0 Å². The second-order valence-electron chi connectivity index (χ2n) is 7.05. The molecule has 4 aromatic rings. The summed E-state index contributed by atoms with van der Waals surface area (Å²) in [4.78, 5) is 13.5. The van der Waals surface area contributed by atoms with Crippen LogP contribution in [0.5, 0.6) is 11.5 Å². The van der Waals surface area contributed by atoms with Crippen molar-refractivity contribution in [3.05, 3.63) is 90.0 Å². The van der Waals surface area contributed by atoms with Crippen LogP contribution in [0.4, 0.5) is 0 Å². The molecule has 0 saturated heterocycles. The predicted octanol–water partition coefficient (Wildman–Crippen LogP) is 3.24. The summed E-state index contributed by atoms with van der Waals surface area (Å²) in [7, 11) is 1.58. The Bertz CT molecular complexity index is 1160. The molecule has 8 nitrogen and oxygen atoms in total. The molecule has 0 aliphatic carbocycles. The largest absolute Gasteiger partial charge is 0.493 e. The van der Waals surface area contributed by atoms with Gasteiger partial charge < -0.3 is 14.8 Å². The molecule has 0 atom stereocenters. The van der Waals surface area contributed by atoms with Gasteiger partial charge >= 0.3 is 0 Å². The Labute approximate surface area is 185 Å². The molecule has 0 saturated carbocycles. The van der Waals surface area contributed by atoms with E-state index in [9.17, 15) is 4.79 Å². The number of tetrazole rings is 1. The van der Waals surface area contributed by atoms with Gasteiger partial charge in [0.1, 0.15) is 13.2 Å². The number of methoxy groups -OCH3 is 1. The standard InChI is InChI=1S/C24H23N5O3/c1-31-22-14-20(12-13-21(22)32-17-19-10-6-3-7-11-19)24-26-28-29(27-24)16-23(30)25-15-18-8-4-2-5-9-18/h2-14H,15-17H2,1H3,(H,25,30). The Kier molecular flexibility index (Phi) is 6.72. The van der Waals surface area contributed by atoms with Gasteiger partial charge in [0, 0.05) is 12.1 Å². The summed E-state index contributed by atoms with van der Waals surface area (Å²) >= 11 is 0. The van der Waals surface area contributed by atoms with Crippen LogP contribution in [0.25, 0.3) is 11.4 Å². The number of aromatic nitrogens is 4. The zero-order valence-electron chi connectivity index (χ0n) is 17.6. The average molecular weight is 429 g/mol. The third-order valence-corrected chi connectivity index (χ3v) is 4.73. The normalized spacial score (nSPS) is 10.5. The highest BCUT2D eigenvalue weighted by molar-refractivity contribution is 5.75. The third-order valence-electron chi connectivity index (χ3n) is 4.73. The fraction of sp³-hybridized carbons (Fsp3) is 0.167. The van der Waals surface area contributed by atoms with Gasteiger partial charge in [-0.15, -0.1) is 10.2 Å². The second kappa shape index (κ2) is 10.2. The zero-order valence-corrected chi connectivity index (χ0v) is 17.6. The van der Waals surface area contributed by atoms with Crippen molar-refractivity contribution < 1.29 is 14.3 Å². The van der Waals surface area contributed by atoms with Crippen molar-refractivity contribution in [1.29, 1.82) is 0 Å². The summed E-state index contributed by atoms with van der Waals surface area (Å²) in [5.74, 6) is 1.39. The van der Waals surface area contributed by atoms with Gasteiger partial charge in [0.2, 0.25) is 11.7 Å². The van der Waals surface area contributed by atoms with Crippen LogP contribution in [-0.4, -0.2) is 33.2 Å². The number of amides is 1. The van der Waals surface area contributed by atoms with Gasteiger partial charge in [-0.2, -0.15) is 4.80 Å². The molecule has 162 valence electrons. The second-order valence-corrected chi connectivity index (χ2v) is 7.05. The molecule has 1 amide bonds. The Morgan fingerprint density at radius 3 is 2.38 bits per heavy atom. The summed E-state index contributed by atoms with van der Waals surface area (Å²) in [6.07, 6.45) is 0. The summed E-state index contributed by atoms with van der Waals surface area (Å²) in [6, 6.07) is 25.0. The molecule has 4 rings (SSSR count). The molecule has 0 radical (unpaired) electrons.